The summed E-state index contributed by atoms with van der Waals surface area (Å²) < 4.78 is 0. The lowest BCUT2D eigenvalue weighted by Gasteiger charge is -2.21. The van der Waals surface area contributed by atoms with Crippen molar-refractivity contribution in [2.45, 2.75) is 50.2 Å². The largest absolute Gasteiger partial charge is 0.481 e. The number of carboxylic acids is 2. The first kappa shape index (κ1) is 23.8. The molecule has 0 spiro atoms. The molecule has 0 aliphatic carbocycles. The van der Waals surface area contributed by atoms with Crippen molar-refractivity contribution in [3.05, 3.63) is 18.2 Å². The van der Waals surface area contributed by atoms with Crippen LogP contribution in [0.25, 0.3) is 0 Å². The normalized spacial score (nSPS) is 17.4. The number of aliphatic carboxylic acids is 2. The average Bonchev–Trinajstić information content (AvgIpc) is 3.42. The number of H-pyrrole nitrogens is 1. The van der Waals surface area contributed by atoms with Gasteiger partial charge in [-0.15, -0.1) is 0 Å². The molecule has 3 atom stereocenters. The summed E-state index contributed by atoms with van der Waals surface area (Å²) in [5.74, 6) is -4.37. The number of hydrogen-bond acceptors (Lipinski definition) is 7. The highest BCUT2D eigenvalue weighted by atomic mass is 16.4. The minimum atomic E-state index is -1.31. The van der Waals surface area contributed by atoms with Crippen molar-refractivity contribution in [2.75, 3.05) is 13.1 Å². The molecule has 3 amide bonds. The number of rotatable bonds is 12. The van der Waals surface area contributed by atoms with Crippen LogP contribution < -0.4 is 21.3 Å². The van der Waals surface area contributed by atoms with E-state index in [1.165, 1.54) is 12.5 Å². The molecule has 1 fully saturated rings. The molecule has 13 heteroatoms. The van der Waals surface area contributed by atoms with Crippen molar-refractivity contribution < 1.29 is 34.2 Å². The van der Waals surface area contributed by atoms with Gasteiger partial charge in [0.25, 0.3) is 0 Å². The van der Waals surface area contributed by atoms with Crippen LogP contribution in [0, 0.1) is 0 Å². The molecule has 0 radical (unpaired) electrons. The van der Waals surface area contributed by atoms with E-state index in [1.807, 2.05) is 0 Å². The summed E-state index contributed by atoms with van der Waals surface area (Å²) in [5.41, 5.74) is 0.474. The number of imidazole rings is 1. The molecule has 170 valence electrons. The molecule has 1 aliphatic rings. The van der Waals surface area contributed by atoms with Crippen LogP contribution in [0.3, 0.4) is 0 Å². The van der Waals surface area contributed by atoms with Gasteiger partial charge in [0.05, 0.1) is 18.9 Å². The minimum Gasteiger partial charge on any atom is -0.481 e. The van der Waals surface area contributed by atoms with E-state index in [0.717, 1.165) is 6.42 Å². The lowest BCUT2D eigenvalue weighted by atomic mass is 10.1. The summed E-state index contributed by atoms with van der Waals surface area (Å²) in [4.78, 5) is 65.6. The zero-order valence-corrected chi connectivity index (χ0v) is 16.7. The van der Waals surface area contributed by atoms with E-state index in [0.29, 0.717) is 18.7 Å². The van der Waals surface area contributed by atoms with Gasteiger partial charge < -0.3 is 36.5 Å². The maximum absolute atomic E-state index is 12.6. The van der Waals surface area contributed by atoms with E-state index in [-0.39, 0.29) is 24.8 Å². The first-order valence-electron chi connectivity index (χ1n) is 9.79. The van der Waals surface area contributed by atoms with Crippen LogP contribution in [-0.2, 0) is 30.4 Å². The summed E-state index contributed by atoms with van der Waals surface area (Å²) in [6, 6.07) is -2.98. The van der Waals surface area contributed by atoms with Crippen molar-refractivity contribution in [1.29, 1.82) is 0 Å². The second-order valence-electron chi connectivity index (χ2n) is 7.10. The molecule has 1 saturated heterocycles. The number of carboxylic acid groups (broad SMARTS) is 2. The topological polar surface area (TPSA) is 203 Å². The van der Waals surface area contributed by atoms with Gasteiger partial charge in [-0.25, -0.2) is 9.78 Å². The molecule has 1 aromatic rings. The van der Waals surface area contributed by atoms with E-state index >= 15 is 0 Å². The SMILES string of the molecule is O=C(O)CCC(NC(=O)CNC(=O)C1CCCN1)C(=O)NC(Cc1cnc[nH]1)C(=O)O. The fourth-order valence-electron chi connectivity index (χ4n) is 3.07. The fraction of sp³-hybridized carbons (Fsp3) is 0.556. The van der Waals surface area contributed by atoms with Gasteiger partial charge in [-0.2, -0.15) is 0 Å². The molecule has 0 aromatic carbocycles. The number of aromatic amines is 1. The summed E-state index contributed by atoms with van der Waals surface area (Å²) in [6.07, 6.45) is 3.53. The van der Waals surface area contributed by atoms with Gasteiger partial charge in [-0.05, 0) is 25.8 Å². The van der Waals surface area contributed by atoms with Gasteiger partial charge in [0.1, 0.15) is 12.1 Å². The minimum absolute atomic E-state index is 0.0783. The smallest absolute Gasteiger partial charge is 0.326 e. The Morgan fingerprint density at radius 2 is 1.94 bits per heavy atom. The van der Waals surface area contributed by atoms with Gasteiger partial charge in [0.2, 0.25) is 17.7 Å². The molecule has 0 saturated carbocycles. The predicted octanol–water partition coefficient (Wildman–Crippen LogP) is -2.26. The Balaban J connectivity index is 1.94. The fourth-order valence-corrected chi connectivity index (χ4v) is 3.07. The molecule has 13 nitrogen and oxygen atoms in total. The highest BCUT2D eigenvalue weighted by Gasteiger charge is 2.28. The Morgan fingerprint density at radius 3 is 2.52 bits per heavy atom. The highest BCUT2D eigenvalue weighted by Crippen LogP contribution is 2.05. The molecule has 31 heavy (non-hydrogen) atoms. The van der Waals surface area contributed by atoms with Gasteiger partial charge in [0, 0.05) is 24.7 Å². The Labute approximate surface area is 177 Å². The van der Waals surface area contributed by atoms with Crippen LogP contribution in [0.5, 0.6) is 0 Å². The third-order valence-corrected chi connectivity index (χ3v) is 4.69. The zero-order chi connectivity index (χ0) is 22.8. The Bertz CT molecular complexity index is 791. The van der Waals surface area contributed by atoms with E-state index in [2.05, 4.69) is 31.2 Å². The second kappa shape index (κ2) is 11.6. The summed E-state index contributed by atoms with van der Waals surface area (Å²) >= 11 is 0. The maximum Gasteiger partial charge on any atom is 0.326 e. The number of carbonyl (C=O) groups excluding carboxylic acids is 3. The van der Waals surface area contributed by atoms with Crippen LogP contribution in [0.1, 0.15) is 31.4 Å². The summed E-state index contributed by atoms with van der Waals surface area (Å²) in [5, 5.41) is 28.4. The number of nitrogens with one attached hydrogen (secondary N) is 5. The van der Waals surface area contributed by atoms with Crippen molar-refractivity contribution in [3.8, 4) is 0 Å². The van der Waals surface area contributed by atoms with E-state index < -0.39 is 48.8 Å². The molecular formula is C18H26N6O7. The summed E-state index contributed by atoms with van der Waals surface area (Å²) in [7, 11) is 0. The predicted molar refractivity (Wildman–Crippen MR) is 105 cm³/mol. The number of nitrogens with zero attached hydrogens (tertiary/aromatic N) is 1. The van der Waals surface area contributed by atoms with Crippen molar-refractivity contribution in [2.24, 2.45) is 0 Å². The van der Waals surface area contributed by atoms with Crippen LogP contribution in [0.4, 0.5) is 0 Å². The first-order valence-corrected chi connectivity index (χ1v) is 9.79. The Morgan fingerprint density at radius 1 is 1.16 bits per heavy atom. The third-order valence-electron chi connectivity index (χ3n) is 4.69. The molecule has 0 bridgehead atoms. The molecule has 7 N–H and O–H groups in total. The third kappa shape index (κ3) is 8.04. The highest BCUT2D eigenvalue weighted by molar-refractivity contribution is 5.92. The zero-order valence-electron chi connectivity index (χ0n) is 16.7. The van der Waals surface area contributed by atoms with Crippen LogP contribution in [0.15, 0.2) is 12.5 Å². The molecule has 2 rings (SSSR count). The molecule has 3 unspecified atom stereocenters. The molecule has 2 heterocycles. The van der Waals surface area contributed by atoms with E-state index in [9.17, 15) is 29.1 Å². The van der Waals surface area contributed by atoms with Crippen LogP contribution in [-0.4, -0.2) is 81.1 Å². The van der Waals surface area contributed by atoms with Crippen LogP contribution in [0.2, 0.25) is 0 Å². The second-order valence-corrected chi connectivity index (χ2v) is 7.10. The van der Waals surface area contributed by atoms with E-state index in [1.54, 1.807) is 0 Å². The first-order chi connectivity index (χ1) is 14.8. The van der Waals surface area contributed by atoms with E-state index in [4.69, 9.17) is 5.11 Å². The lowest BCUT2D eigenvalue weighted by Crippen LogP contribution is -2.54. The van der Waals surface area contributed by atoms with Crippen LogP contribution >= 0.6 is 0 Å². The number of carbonyl (C=O) groups is 5. The lowest BCUT2D eigenvalue weighted by molar-refractivity contribution is -0.143. The number of hydrogen-bond donors (Lipinski definition) is 7. The van der Waals surface area contributed by atoms with Crippen molar-refractivity contribution in [3.63, 3.8) is 0 Å². The monoisotopic (exact) mass is 438 g/mol. The number of aromatic nitrogens is 2. The molecule has 1 aromatic heterocycles. The molecular weight excluding hydrogens is 412 g/mol. The summed E-state index contributed by atoms with van der Waals surface area (Å²) in [6.45, 7) is 0.315. The Hall–Kier alpha value is -3.48. The van der Waals surface area contributed by atoms with Gasteiger partial charge >= 0.3 is 11.9 Å². The molecule has 1 aliphatic heterocycles. The van der Waals surface area contributed by atoms with Gasteiger partial charge in [-0.1, -0.05) is 0 Å². The quantitative estimate of drug-likeness (QED) is 0.188. The van der Waals surface area contributed by atoms with Gasteiger partial charge in [0.15, 0.2) is 0 Å². The average molecular weight is 438 g/mol. The van der Waals surface area contributed by atoms with Crippen molar-refractivity contribution in [1.82, 2.24) is 31.2 Å². The maximum atomic E-state index is 12.6. The van der Waals surface area contributed by atoms with Gasteiger partial charge in [-0.3, -0.25) is 19.2 Å². The van der Waals surface area contributed by atoms with Crippen molar-refractivity contribution >= 4 is 29.7 Å². The standard InChI is InChI=1S/C18H26N6O7/c25-14(8-21-16(28)11-2-1-5-20-11)23-12(3-4-15(26)27)17(29)24-13(18(30)31)6-10-7-19-9-22-10/h7,9,11-13,20H,1-6,8H2,(H,19,22)(H,21,28)(H,23,25)(H,24,29)(H,26,27)(H,30,31). The number of amides is 3. The Kier molecular flexibility index (Phi) is 8.94.